The topological polar surface area (TPSA) is 8.17 Å². The number of rotatable bonds is 6. The normalized spacial score (nSPS) is 11.6. The summed E-state index contributed by atoms with van der Waals surface area (Å²) < 4.78 is 2.38. The van der Waals surface area contributed by atoms with Gasteiger partial charge >= 0.3 is 0 Å². The van der Waals surface area contributed by atoms with Crippen LogP contribution in [0.4, 0.5) is 17.1 Å². The first-order valence-corrected chi connectivity index (χ1v) is 19.3. The van der Waals surface area contributed by atoms with Crippen molar-refractivity contribution in [3.8, 4) is 27.9 Å². The van der Waals surface area contributed by atoms with Crippen LogP contribution in [-0.4, -0.2) is 4.57 Å². The second-order valence-corrected chi connectivity index (χ2v) is 14.4. The van der Waals surface area contributed by atoms with Crippen molar-refractivity contribution < 1.29 is 0 Å². The summed E-state index contributed by atoms with van der Waals surface area (Å²) in [5, 5.41) is 9.97. The Morgan fingerprint density at radius 3 is 1.29 bits per heavy atom. The molecule has 0 saturated carbocycles. The van der Waals surface area contributed by atoms with Crippen LogP contribution in [0.3, 0.4) is 0 Å². The van der Waals surface area contributed by atoms with E-state index in [1.165, 1.54) is 76.4 Å². The molecule has 0 amide bonds. The Hall–Kier alpha value is -7.42. The molecule has 0 bridgehead atoms. The van der Waals surface area contributed by atoms with Crippen molar-refractivity contribution in [2.75, 3.05) is 4.90 Å². The van der Waals surface area contributed by atoms with Gasteiger partial charge in [0.25, 0.3) is 0 Å². The molecule has 2 nitrogen and oxygen atoms in total. The van der Waals surface area contributed by atoms with Gasteiger partial charge in [-0.3, -0.25) is 0 Å². The molecule has 56 heavy (non-hydrogen) atoms. The fourth-order valence-corrected chi connectivity index (χ4v) is 8.99. The van der Waals surface area contributed by atoms with E-state index in [0.717, 1.165) is 22.7 Å². The van der Waals surface area contributed by atoms with Crippen molar-refractivity contribution >= 4 is 71.2 Å². The number of fused-ring (bicyclic) bond motifs is 6. The summed E-state index contributed by atoms with van der Waals surface area (Å²) in [7, 11) is 0. The molecule has 0 aliphatic carbocycles. The van der Waals surface area contributed by atoms with E-state index in [-0.39, 0.29) is 0 Å². The molecular formula is C54H36N2. The molecule has 11 rings (SSSR count). The largest absolute Gasteiger partial charge is 0.310 e. The summed E-state index contributed by atoms with van der Waals surface area (Å²) >= 11 is 0. The lowest BCUT2D eigenvalue weighted by molar-refractivity contribution is 1.17. The molecular weight excluding hydrogens is 677 g/mol. The molecule has 10 aromatic carbocycles. The van der Waals surface area contributed by atoms with Gasteiger partial charge in [0.15, 0.2) is 0 Å². The van der Waals surface area contributed by atoms with Gasteiger partial charge < -0.3 is 9.47 Å². The molecule has 0 unspecified atom stereocenters. The molecule has 0 spiro atoms. The smallest absolute Gasteiger partial charge is 0.0541 e. The lowest BCUT2D eigenvalue weighted by Gasteiger charge is -2.28. The van der Waals surface area contributed by atoms with E-state index in [0.29, 0.717) is 0 Å². The Balaban J connectivity index is 1.12. The number of hydrogen-bond donors (Lipinski definition) is 0. The van der Waals surface area contributed by atoms with Gasteiger partial charge in [-0.15, -0.1) is 0 Å². The number of nitrogens with zero attached hydrogens (tertiary/aromatic N) is 2. The van der Waals surface area contributed by atoms with E-state index in [2.05, 4.69) is 228 Å². The summed E-state index contributed by atoms with van der Waals surface area (Å²) in [6, 6.07) is 79.4. The second kappa shape index (κ2) is 13.2. The second-order valence-electron chi connectivity index (χ2n) is 14.4. The SMILES string of the molecule is c1ccc(-c2c3ccccc3c(-c3ccc(N(c4ccccc4)c4ccc(-n5c6ccccc6c6ccccc65)cc4)c4ccccc34)c3ccccc23)cc1. The van der Waals surface area contributed by atoms with Crippen molar-refractivity contribution in [1.82, 2.24) is 4.57 Å². The molecule has 0 radical (unpaired) electrons. The quantitative estimate of drug-likeness (QED) is 0.156. The van der Waals surface area contributed by atoms with Crippen LogP contribution < -0.4 is 4.90 Å². The Labute approximate surface area is 325 Å². The van der Waals surface area contributed by atoms with Crippen molar-refractivity contribution in [2.45, 2.75) is 0 Å². The van der Waals surface area contributed by atoms with Crippen LogP contribution >= 0.6 is 0 Å². The van der Waals surface area contributed by atoms with Gasteiger partial charge in [0, 0.05) is 33.2 Å². The zero-order chi connectivity index (χ0) is 37.0. The van der Waals surface area contributed by atoms with E-state index in [1.807, 2.05) is 0 Å². The molecule has 11 aromatic rings. The van der Waals surface area contributed by atoms with Gasteiger partial charge in [-0.05, 0) is 104 Å². The molecule has 1 aromatic heterocycles. The van der Waals surface area contributed by atoms with Gasteiger partial charge in [0.05, 0.1) is 16.7 Å². The van der Waals surface area contributed by atoms with E-state index in [1.54, 1.807) is 0 Å². The summed E-state index contributed by atoms with van der Waals surface area (Å²) in [5.74, 6) is 0. The molecule has 0 aliphatic rings. The molecule has 0 aliphatic heterocycles. The lowest BCUT2D eigenvalue weighted by atomic mass is 9.84. The van der Waals surface area contributed by atoms with Gasteiger partial charge in [0.1, 0.15) is 0 Å². The maximum Gasteiger partial charge on any atom is 0.0541 e. The van der Waals surface area contributed by atoms with Gasteiger partial charge in [-0.1, -0.05) is 164 Å². The van der Waals surface area contributed by atoms with Crippen molar-refractivity contribution in [3.63, 3.8) is 0 Å². The highest BCUT2D eigenvalue weighted by Gasteiger charge is 2.21. The number of hydrogen-bond acceptors (Lipinski definition) is 1. The fourth-order valence-electron chi connectivity index (χ4n) is 8.99. The third-order valence-corrected chi connectivity index (χ3v) is 11.4. The molecule has 0 atom stereocenters. The van der Waals surface area contributed by atoms with E-state index in [9.17, 15) is 0 Å². The molecule has 2 heteroatoms. The van der Waals surface area contributed by atoms with Crippen LogP contribution in [0.2, 0.25) is 0 Å². The van der Waals surface area contributed by atoms with Crippen molar-refractivity contribution in [1.29, 1.82) is 0 Å². The van der Waals surface area contributed by atoms with Crippen molar-refractivity contribution in [3.05, 3.63) is 218 Å². The van der Waals surface area contributed by atoms with Gasteiger partial charge in [0.2, 0.25) is 0 Å². The Morgan fingerprint density at radius 1 is 0.286 bits per heavy atom. The minimum absolute atomic E-state index is 1.10. The number of benzene rings is 10. The molecule has 0 saturated heterocycles. The molecule has 0 N–H and O–H groups in total. The first-order valence-electron chi connectivity index (χ1n) is 19.3. The first kappa shape index (κ1) is 32.0. The summed E-state index contributed by atoms with van der Waals surface area (Å²) in [6.45, 7) is 0. The van der Waals surface area contributed by atoms with Crippen LogP contribution in [0.1, 0.15) is 0 Å². The van der Waals surface area contributed by atoms with Crippen LogP contribution in [0.5, 0.6) is 0 Å². The summed E-state index contributed by atoms with van der Waals surface area (Å²) in [6.07, 6.45) is 0. The standard InChI is InChI=1S/C54H36N2/c1-3-17-37(18-4-1)53-45-25-9-11-27-47(45)54(48-28-12-10-26-46(48)53)49-35-36-52(42-22-8-7-21-41(42)49)55(38-19-5-2-6-20-38)39-31-33-40(34-32-39)56-50-29-15-13-23-43(50)44-24-14-16-30-51(44)56/h1-36H. The fraction of sp³-hybridized carbons (Fsp3) is 0. The maximum atomic E-state index is 2.40. The Kier molecular flexibility index (Phi) is 7.53. The highest BCUT2D eigenvalue weighted by atomic mass is 15.1. The minimum Gasteiger partial charge on any atom is -0.310 e. The molecule has 0 fully saturated rings. The zero-order valence-corrected chi connectivity index (χ0v) is 30.7. The van der Waals surface area contributed by atoms with Gasteiger partial charge in [-0.2, -0.15) is 0 Å². The van der Waals surface area contributed by atoms with Crippen LogP contribution in [0.15, 0.2) is 218 Å². The highest BCUT2D eigenvalue weighted by molar-refractivity contribution is 6.24. The third kappa shape index (κ3) is 5.04. The molecule has 262 valence electrons. The predicted molar refractivity (Wildman–Crippen MR) is 239 cm³/mol. The minimum atomic E-state index is 1.10. The lowest BCUT2D eigenvalue weighted by Crippen LogP contribution is -2.10. The average Bonchev–Trinajstić information content (AvgIpc) is 3.61. The Morgan fingerprint density at radius 2 is 0.714 bits per heavy atom. The van der Waals surface area contributed by atoms with Crippen LogP contribution in [0, 0.1) is 0 Å². The van der Waals surface area contributed by atoms with E-state index >= 15 is 0 Å². The number of aromatic nitrogens is 1. The zero-order valence-electron chi connectivity index (χ0n) is 30.7. The highest BCUT2D eigenvalue weighted by Crippen LogP contribution is 2.48. The van der Waals surface area contributed by atoms with Gasteiger partial charge in [-0.25, -0.2) is 0 Å². The van der Waals surface area contributed by atoms with Crippen LogP contribution in [-0.2, 0) is 0 Å². The summed E-state index contributed by atoms with van der Waals surface area (Å²) in [5.41, 5.74) is 11.9. The predicted octanol–water partition coefficient (Wildman–Crippen LogP) is 15.0. The average molecular weight is 713 g/mol. The maximum absolute atomic E-state index is 2.40. The summed E-state index contributed by atoms with van der Waals surface area (Å²) in [4.78, 5) is 2.40. The monoisotopic (exact) mass is 712 g/mol. The van der Waals surface area contributed by atoms with Crippen molar-refractivity contribution in [2.24, 2.45) is 0 Å². The van der Waals surface area contributed by atoms with E-state index in [4.69, 9.17) is 0 Å². The van der Waals surface area contributed by atoms with Crippen LogP contribution in [0.25, 0.3) is 82.1 Å². The number of anilines is 3. The van der Waals surface area contributed by atoms with E-state index < -0.39 is 0 Å². The Bertz CT molecular complexity index is 3120. The number of para-hydroxylation sites is 3. The molecule has 1 heterocycles. The third-order valence-electron chi connectivity index (χ3n) is 11.4. The first-order chi connectivity index (χ1) is 27.8.